The van der Waals surface area contributed by atoms with Crippen molar-refractivity contribution in [1.82, 2.24) is 10.7 Å². The van der Waals surface area contributed by atoms with Crippen LogP contribution in [-0.4, -0.2) is 31.2 Å². The average molecular weight is 376 g/mol. The van der Waals surface area contributed by atoms with Gasteiger partial charge in [0.15, 0.2) is 0 Å². The standard InChI is InChI=1S/C21H33N3O3/c1-3-5-6-7-8-9-10-11-20(25)22-17-21(26)24-23-16-18-12-14-19(15-13-18)27-4-2/h12-16H,3-11,17H2,1-2H3,(H,22,25)(H,24,26)/b23-16-. The molecule has 6 heteroatoms. The minimum absolute atomic E-state index is 0.0596. The molecule has 27 heavy (non-hydrogen) atoms. The van der Waals surface area contributed by atoms with Crippen molar-refractivity contribution in [2.24, 2.45) is 5.10 Å². The smallest absolute Gasteiger partial charge is 0.259 e. The molecule has 0 saturated carbocycles. The van der Waals surface area contributed by atoms with Crippen molar-refractivity contribution in [3.8, 4) is 5.75 Å². The number of nitrogens with zero attached hydrogens (tertiary/aromatic N) is 1. The van der Waals surface area contributed by atoms with Crippen LogP contribution in [0.3, 0.4) is 0 Å². The highest BCUT2D eigenvalue weighted by Crippen LogP contribution is 2.10. The summed E-state index contributed by atoms with van der Waals surface area (Å²) in [5, 5.41) is 6.51. The van der Waals surface area contributed by atoms with E-state index in [4.69, 9.17) is 4.74 Å². The molecule has 1 aromatic rings. The van der Waals surface area contributed by atoms with Gasteiger partial charge in [0.25, 0.3) is 5.91 Å². The van der Waals surface area contributed by atoms with Gasteiger partial charge in [-0.05, 0) is 43.2 Å². The van der Waals surface area contributed by atoms with Gasteiger partial charge in [0.1, 0.15) is 5.75 Å². The van der Waals surface area contributed by atoms with Crippen LogP contribution in [0.2, 0.25) is 0 Å². The number of carbonyl (C=O) groups is 2. The van der Waals surface area contributed by atoms with Crippen LogP contribution in [0.25, 0.3) is 0 Å². The van der Waals surface area contributed by atoms with Gasteiger partial charge in [0.05, 0.1) is 19.4 Å². The van der Waals surface area contributed by atoms with E-state index in [1.165, 1.54) is 32.1 Å². The molecule has 0 spiro atoms. The van der Waals surface area contributed by atoms with Gasteiger partial charge < -0.3 is 10.1 Å². The Morgan fingerprint density at radius 2 is 1.63 bits per heavy atom. The van der Waals surface area contributed by atoms with Gasteiger partial charge in [-0.3, -0.25) is 9.59 Å². The number of benzene rings is 1. The van der Waals surface area contributed by atoms with E-state index < -0.39 is 0 Å². The molecule has 0 atom stereocenters. The Balaban J connectivity index is 2.11. The Morgan fingerprint density at radius 1 is 0.963 bits per heavy atom. The van der Waals surface area contributed by atoms with Crippen LogP contribution in [0, 0.1) is 0 Å². The highest BCUT2D eigenvalue weighted by atomic mass is 16.5. The number of unbranched alkanes of at least 4 members (excludes halogenated alkanes) is 6. The minimum Gasteiger partial charge on any atom is -0.494 e. The number of hydrogen-bond donors (Lipinski definition) is 2. The molecule has 0 aliphatic carbocycles. The molecule has 6 nitrogen and oxygen atoms in total. The van der Waals surface area contributed by atoms with E-state index in [1.807, 2.05) is 31.2 Å². The van der Waals surface area contributed by atoms with Crippen LogP contribution in [0.5, 0.6) is 5.75 Å². The maximum Gasteiger partial charge on any atom is 0.259 e. The average Bonchev–Trinajstić information content (AvgIpc) is 2.67. The lowest BCUT2D eigenvalue weighted by Gasteiger charge is -2.05. The first kappa shape index (κ1) is 22.7. The summed E-state index contributed by atoms with van der Waals surface area (Å²) in [4.78, 5) is 23.4. The zero-order chi connectivity index (χ0) is 19.7. The molecule has 0 aliphatic rings. The van der Waals surface area contributed by atoms with Crippen molar-refractivity contribution < 1.29 is 14.3 Å². The highest BCUT2D eigenvalue weighted by molar-refractivity contribution is 5.86. The first-order valence-corrected chi connectivity index (χ1v) is 9.97. The number of nitrogens with one attached hydrogen (secondary N) is 2. The van der Waals surface area contributed by atoms with Gasteiger partial charge in [-0.15, -0.1) is 0 Å². The summed E-state index contributed by atoms with van der Waals surface area (Å²) < 4.78 is 5.36. The second kappa shape index (κ2) is 14.8. The molecule has 150 valence electrons. The lowest BCUT2D eigenvalue weighted by atomic mass is 10.1. The lowest BCUT2D eigenvalue weighted by Crippen LogP contribution is -2.34. The largest absolute Gasteiger partial charge is 0.494 e. The SMILES string of the molecule is CCCCCCCCCC(=O)NCC(=O)N/N=C\c1ccc(OCC)cc1. The van der Waals surface area contributed by atoms with E-state index in [9.17, 15) is 9.59 Å². The summed E-state index contributed by atoms with van der Waals surface area (Å²) in [5.74, 6) is 0.363. The zero-order valence-electron chi connectivity index (χ0n) is 16.6. The highest BCUT2D eigenvalue weighted by Gasteiger charge is 2.04. The van der Waals surface area contributed by atoms with E-state index in [1.54, 1.807) is 6.21 Å². The van der Waals surface area contributed by atoms with E-state index in [0.29, 0.717) is 13.0 Å². The fraction of sp³-hybridized carbons (Fsp3) is 0.571. The van der Waals surface area contributed by atoms with E-state index in [-0.39, 0.29) is 18.4 Å². The molecule has 0 heterocycles. The number of ether oxygens (including phenoxy) is 1. The maximum absolute atomic E-state index is 11.7. The molecular weight excluding hydrogens is 342 g/mol. The summed E-state index contributed by atoms with van der Waals surface area (Å²) in [6, 6.07) is 7.39. The Kier molecular flexibility index (Phi) is 12.4. The summed E-state index contributed by atoms with van der Waals surface area (Å²) in [5.41, 5.74) is 3.26. The van der Waals surface area contributed by atoms with Crippen molar-refractivity contribution >= 4 is 18.0 Å². The number of hydrazone groups is 1. The van der Waals surface area contributed by atoms with Crippen molar-refractivity contribution in [2.45, 2.75) is 65.2 Å². The van der Waals surface area contributed by atoms with Gasteiger partial charge >= 0.3 is 0 Å². The number of hydrogen-bond acceptors (Lipinski definition) is 4. The monoisotopic (exact) mass is 375 g/mol. The molecule has 0 aliphatic heterocycles. The second-order valence-corrected chi connectivity index (χ2v) is 6.44. The normalized spacial score (nSPS) is 10.7. The minimum atomic E-state index is -0.342. The predicted octanol–water partition coefficient (Wildman–Crippen LogP) is 3.79. The molecule has 0 radical (unpaired) electrons. The Hall–Kier alpha value is -2.37. The fourth-order valence-electron chi connectivity index (χ4n) is 2.55. The van der Waals surface area contributed by atoms with Crippen molar-refractivity contribution in [3.05, 3.63) is 29.8 Å². The molecular formula is C21H33N3O3. The van der Waals surface area contributed by atoms with Crippen LogP contribution < -0.4 is 15.5 Å². The third-order valence-corrected chi connectivity index (χ3v) is 4.05. The third-order valence-electron chi connectivity index (χ3n) is 4.05. The predicted molar refractivity (Wildman–Crippen MR) is 109 cm³/mol. The van der Waals surface area contributed by atoms with E-state index in [2.05, 4.69) is 22.8 Å². The van der Waals surface area contributed by atoms with Gasteiger partial charge in [0.2, 0.25) is 5.91 Å². The molecule has 1 aromatic carbocycles. The van der Waals surface area contributed by atoms with Crippen LogP contribution >= 0.6 is 0 Å². The summed E-state index contributed by atoms with van der Waals surface area (Å²) in [6.07, 6.45) is 10.2. The summed E-state index contributed by atoms with van der Waals surface area (Å²) in [7, 11) is 0. The number of carbonyl (C=O) groups excluding carboxylic acids is 2. The molecule has 2 N–H and O–H groups in total. The topological polar surface area (TPSA) is 79.8 Å². The molecule has 1 rings (SSSR count). The Bertz CT molecular complexity index is 571. The molecule has 0 saturated heterocycles. The van der Waals surface area contributed by atoms with Crippen molar-refractivity contribution in [1.29, 1.82) is 0 Å². The molecule has 2 amide bonds. The van der Waals surface area contributed by atoms with E-state index in [0.717, 1.165) is 24.2 Å². The van der Waals surface area contributed by atoms with Gasteiger partial charge in [0, 0.05) is 6.42 Å². The van der Waals surface area contributed by atoms with Crippen molar-refractivity contribution in [2.75, 3.05) is 13.2 Å². The molecule has 0 bridgehead atoms. The molecule has 0 fully saturated rings. The second-order valence-electron chi connectivity index (χ2n) is 6.44. The van der Waals surface area contributed by atoms with E-state index >= 15 is 0 Å². The van der Waals surface area contributed by atoms with Crippen molar-refractivity contribution in [3.63, 3.8) is 0 Å². The molecule has 0 aromatic heterocycles. The Morgan fingerprint density at radius 3 is 2.30 bits per heavy atom. The van der Waals surface area contributed by atoms with Crippen LogP contribution in [0.4, 0.5) is 0 Å². The lowest BCUT2D eigenvalue weighted by molar-refractivity contribution is -0.126. The van der Waals surface area contributed by atoms with Crippen LogP contribution in [-0.2, 0) is 9.59 Å². The van der Waals surface area contributed by atoms with Gasteiger partial charge in [-0.25, -0.2) is 5.43 Å². The summed E-state index contributed by atoms with van der Waals surface area (Å²) in [6.45, 7) is 4.69. The maximum atomic E-state index is 11.7. The van der Waals surface area contributed by atoms with Gasteiger partial charge in [-0.2, -0.15) is 5.10 Å². The number of rotatable bonds is 14. The van der Waals surface area contributed by atoms with Gasteiger partial charge in [-0.1, -0.05) is 45.4 Å². The molecule has 0 unspecified atom stereocenters. The summed E-state index contributed by atoms with van der Waals surface area (Å²) >= 11 is 0. The first-order chi connectivity index (χ1) is 13.2. The first-order valence-electron chi connectivity index (χ1n) is 9.97. The fourth-order valence-corrected chi connectivity index (χ4v) is 2.55. The quantitative estimate of drug-likeness (QED) is 0.295. The zero-order valence-corrected chi connectivity index (χ0v) is 16.6. The number of amides is 2. The van der Waals surface area contributed by atoms with Crippen LogP contribution in [0.15, 0.2) is 29.4 Å². The Labute approximate surface area is 162 Å². The third kappa shape index (κ3) is 11.8. The van der Waals surface area contributed by atoms with Crippen LogP contribution in [0.1, 0.15) is 70.8 Å².